The highest BCUT2D eigenvalue weighted by atomic mass is 16.5. The van der Waals surface area contributed by atoms with Gasteiger partial charge in [-0.1, -0.05) is 0 Å². The number of hydrogen-bond acceptors (Lipinski definition) is 4. The molecule has 1 atom stereocenters. The molecule has 0 saturated heterocycles. The number of hydrogen-bond donors (Lipinski definition) is 0. The average molecular weight is 198 g/mol. The predicted octanol–water partition coefficient (Wildman–Crippen LogP) is 1.27. The third-order valence-corrected chi connectivity index (χ3v) is 2.23. The van der Waals surface area contributed by atoms with E-state index in [2.05, 4.69) is 5.10 Å². The summed E-state index contributed by atoms with van der Waals surface area (Å²) in [7, 11) is 3.74. The Bertz CT molecular complexity index is 236. The molecule has 80 valence electrons. The quantitative estimate of drug-likeness (QED) is 0.506. The molecule has 1 aliphatic carbocycles. The third-order valence-electron chi connectivity index (χ3n) is 2.23. The lowest BCUT2D eigenvalue weighted by Gasteiger charge is -2.12. The summed E-state index contributed by atoms with van der Waals surface area (Å²) < 4.78 is 5.00. The number of carbonyl (C=O) groups excluding carboxylic acids is 1. The second-order valence-corrected chi connectivity index (χ2v) is 3.64. The first kappa shape index (κ1) is 11.0. The molecule has 0 amide bonds. The van der Waals surface area contributed by atoms with Crippen LogP contribution >= 0.6 is 0 Å². The molecule has 0 aromatic rings. The van der Waals surface area contributed by atoms with Gasteiger partial charge in [0.2, 0.25) is 0 Å². The van der Waals surface area contributed by atoms with Gasteiger partial charge in [-0.05, 0) is 26.2 Å². The highest BCUT2D eigenvalue weighted by molar-refractivity contribution is 6.03. The summed E-state index contributed by atoms with van der Waals surface area (Å²) in [6, 6.07) is 0. The van der Waals surface area contributed by atoms with Crippen molar-refractivity contribution >= 4 is 11.7 Å². The lowest BCUT2D eigenvalue weighted by molar-refractivity contribution is -0.145. The molecule has 1 rings (SSSR count). The first-order valence-electron chi connectivity index (χ1n) is 5.06. The molecule has 4 nitrogen and oxygen atoms in total. The Kier molecular flexibility index (Phi) is 3.92. The van der Waals surface area contributed by atoms with Crippen molar-refractivity contribution < 1.29 is 9.53 Å². The van der Waals surface area contributed by atoms with Crippen molar-refractivity contribution in [1.29, 1.82) is 0 Å². The minimum absolute atomic E-state index is 0.0997. The van der Waals surface area contributed by atoms with E-state index < -0.39 is 0 Å². The number of esters is 1. The molecule has 1 saturated carbocycles. The van der Waals surface area contributed by atoms with E-state index >= 15 is 0 Å². The molecule has 4 heteroatoms. The van der Waals surface area contributed by atoms with Crippen molar-refractivity contribution in [3.63, 3.8) is 0 Å². The van der Waals surface area contributed by atoms with Crippen molar-refractivity contribution in [1.82, 2.24) is 5.01 Å². The maximum atomic E-state index is 11.5. The Balaban J connectivity index is 2.63. The molecule has 0 bridgehead atoms. The minimum Gasteiger partial charge on any atom is -0.465 e. The highest BCUT2D eigenvalue weighted by Crippen LogP contribution is 2.24. The van der Waals surface area contributed by atoms with Crippen LogP contribution in [0, 0.1) is 5.92 Å². The average Bonchev–Trinajstić information content (AvgIpc) is 2.51. The summed E-state index contributed by atoms with van der Waals surface area (Å²) in [5.41, 5.74) is 0.966. The van der Waals surface area contributed by atoms with E-state index in [0.717, 1.165) is 25.0 Å². The third kappa shape index (κ3) is 2.72. The molecule has 0 spiro atoms. The molecule has 0 heterocycles. The maximum Gasteiger partial charge on any atom is 0.314 e. The van der Waals surface area contributed by atoms with Crippen LogP contribution in [0.25, 0.3) is 0 Å². The maximum absolute atomic E-state index is 11.5. The summed E-state index contributed by atoms with van der Waals surface area (Å²) in [5.74, 6) is -0.219. The van der Waals surface area contributed by atoms with E-state index in [9.17, 15) is 4.79 Å². The van der Waals surface area contributed by atoms with Crippen LogP contribution < -0.4 is 0 Å². The molecule has 1 fully saturated rings. The van der Waals surface area contributed by atoms with Gasteiger partial charge in [0.1, 0.15) is 0 Å². The summed E-state index contributed by atoms with van der Waals surface area (Å²) in [6.45, 7) is 2.28. The molecule has 0 N–H and O–H groups in total. The second kappa shape index (κ2) is 4.98. The fourth-order valence-electron chi connectivity index (χ4n) is 1.70. The molecule has 0 aliphatic heterocycles. The van der Waals surface area contributed by atoms with Gasteiger partial charge in [0, 0.05) is 14.1 Å². The smallest absolute Gasteiger partial charge is 0.314 e. The Morgan fingerprint density at radius 1 is 1.64 bits per heavy atom. The summed E-state index contributed by atoms with van der Waals surface area (Å²) in [6.07, 6.45) is 2.84. The van der Waals surface area contributed by atoms with Crippen LogP contribution in [0.5, 0.6) is 0 Å². The Labute approximate surface area is 84.9 Å². The van der Waals surface area contributed by atoms with Gasteiger partial charge < -0.3 is 9.75 Å². The Morgan fingerprint density at radius 2 is 2.36 bits per heavy atom. The van der Waals surface area contributed by atoms with Crippen LogP contribution in [0.4, 0.5) is 0 Å². The van der Waals surface area contributed by atoms with Crippen LogP contribution in [-0.2, 0) is 9.53 Å². The van der Waals surface area contributed by atoms with E-state index in [-0.39, 0.29) is 11.9 Å². The zero-order valence-corrected chi connectivity index (χ0v) is 9.12. The van der Waals surface area contributed by atoms with E-state index in [4.69, 9.17) is 4.74 Å². The molecular weight excluding hydrogens is 180 g/mol. The number of carbonyl (C=O) groups is 1. The van der Waals surface area contributed by atoms with Crippen LogP contribution in [0.15, 0.2) is 5.10 Å². The molecule has 1 unspecified atom stereocenters. The first-order valence-corrected chi connectivity index (χ1v) is 5.06. The summed E-state index contributed by atoms with van der Waals surface area (Å²) in [5, 5.41) is 6.05. The van der Waals surface area contributed by atoms with E-state index in [0.29, 0.717) is 6.61 Å². The lowest BCUT2D eigenvalue weighted by atomic mass is 10.1. The molecule has 0 radical (unpaired) electrons. The van der Waals surface area contributed by atoms with Crippen molar-refractivity contribution in [3.05, 3.63) is 0 Å². The van der Waals surface area contributed by atoms with E-state index in [1.807, 2.05) is 21.0 Å². The highest BCUT2D eigenvalue weighted by Gasteiger charge is 2.30. The van der Waals surface area contributed by atoms with Crippen LogP contribution in [0.2, 0.25) is 0 Å². The fraction of sp³-hybridized carbons (Fsp3) is 0.800. The molecule has 0 aromatic carbocycles. The van der Waals surface area contributed by atoms with Gasteiger partial charge in [-0.25, -0.2) is 0 Å². The standard InChI is InChI=1S/C10H18N2O2/c1-4-14-10(13)8-6-5-7-9(8)11-12(2)3/h8H,4-7H2,1-3H3. The van der Waals surface area contributed by atoms with E-state index in [1.165, 1.54) is 0 Å². The fourth-order valence-corrected chi connectivity index (χ4v) is 1.70. The zero-order chi connectivity index (χ0) is 10.6. The van der Waals surface area contributed by atoms with Crippen molar-refractivity contribution in [2.75, 3.05) is 20.7 Å². The molecule has 0 aromatic heterocycles. The normalized spacial score (nSPS) is 23.9. The number of hydrazone groups is 1. The lowest BCUT2D eigenvalue weighted by Crippen LogP contribution is -2.23. The minimum atomic E-state index is -0.120. The number of ether oxygens (including phenoxy) is 1. The molecule has 14 heavy (non-hydrogen) atoms. The predicted molar refractivity (Wildman–Crippen MR) is 55.1 cm³/mol. The van der Waals surface area contributed by atoms with Gasteiger partial charge in [-0.15, -0.1) is 0 Å². The van der Waals surface area contributed by atoms with Crippen molar-refractivity contribution in [2.45, 2.75) is 26.2 Å². The van der Waals surface area contributed by atoms with E-state index in [1.54, 1.807) is 5.01 Å². The van der Waals surface area contributed by atoms with Gasteiger partial charge in [-0.2, -0.15) is 5.10 Å². The monoisotopic (exact) mass is 198 g/mol. The van der Waals surface area contributed by atoms with Gasteiger partial charge in [0.15, 0.2) is 0 Å². The van der Waals surface area contributed by atoms with Gasteiger partial charge in [0.05, 0.1) is 18.2 Å². The van der Waals surface area contributed by atoms with Crippen LogP contribution in [0.1, 0.15) is 26.2 Å². The van der Waals surface area contributed by atoms with Crippen LogP contribution in [-0.4, -0.2) is 37.4 Å². The molecule has 1 aliphatic rings. The van der Waals surface area contributed by atoms with Crippen molar-refractivity contribution in [3.8, 4) is 0 Å². The van der Waals surface area contributed by atoms with Crippen molar-refractivity contribution in [2.24, 2.45) is 11.0 Å². The number of rotatable bonds is 3. The second-order valence-electron chi connectivity index (χ2n) is 3.64. The first-order chi connectivity index (χ1) is 6.65. The zero-order valence-electron chi connectivity index (χ0n) is 9.12. The summed E-state index contributed by atoms with van der Waals surface area (Å²) in [4.78, 5) is 11.5. The Morgan fingerprint density at radius 3 is 2.93 bits per heavy atom. The summed E-state index contributed by atoms with van der Waals surface area (Å²) >= 11 is 0. The van der Waals surface area contributed by atoms with Gasteiger partial charge in [0.25, 0.3) is 0 Å². The van der Waals surface area contributed by atoms with Gasteiger partial charge in [-0.3, -0.25) is 4.79 Å². The Hall–Kier alpha value is -1.06. The largest absolute Gasteiger partial charge is 0.465 e. The number of nitrogens with zero attached hydrogens (tertiary/aromatic N) is 2. The van der Waals surface area contributed by atoms with Gasteiger partial charge >= 0.3 is 5.97 Å². The van der Waals surface area contributed by atoms with Crippen LogP contribution in [0.3, 0.4) is 0 Å². The SMILES string of the molecule is CCOC(=O)C1CCCC1=NN(C)C. The molecular formula is C10H18N2O2. The topological polar surface area (TPSA) is 41.9 Å².